The van der Waals surface area contributed by atoms with Crippen LogP contribution < -0.4 is 0 Å². The molecule has 1 aromatic rings. The predicted octanol–water partition coefficient (Wildman–Crippen LogP) is 2.52. The summed E-state index contributed by atoms with van der Waals surface area (Å²) in [6.45, 7) is 0. The van der Waals surface area contributed by atoms with Gasteiger partial charge in [-0.25, -0.2) is 0 Å². The van der Waals surface area contributed by atoms with E-state index in [9.17, 15) is 0 Å². The van der Waals surface area contributed by atoms with Crippen LogP contribution >= 0.6 is 9.07 Å². The maximum atomic E-state index is 5.66. The molecule has 10 heavy (non-hydrogen) atoms. The van der Waals surface area contributed by atoms with Gasteiger partial charge >= 0.3 is 19.3 Å². The molecule has 1 radical (unpaired) electrons. The molecule has 1 aromatic carbocycles. The summed E-state index contributed by atoms with van der Waals surface area (Å²) in [7, 11) is 5.66. The molecule has 0 saturated heterocycles. The van der Waals surface area contributed by atoms with E-state index in [-0.39, 0.29) is 19.3 Å². The van der Waals surface area contributed by atoms with Crippen LogP contribution in [0.15, 0.2) is 30.3 Å². The summed E-state index contributed by atoms with van der Waals surface area (Å²) in [5, 5.41) is 0. The van der Waals surface area contributed by atoms with Crippen LogP contribution in [0, 0.1) is 6.42 Å². The van der Waals surface area contributed by atoms with E-state index in [0.717, 1.165) is 4.55 Å². The highest BCUT2D eigenvalue weighted by atomic mass is 35.5. The minimum absolute atomic E-state index is 0.313. The molecule has 49 valence electrons. The van der Waals surface area contributed by atoms with Crippen LogP contribution in [0.2, 0.25) is 4.55 Å². The van der Waals surface area contributed by atoms with Crippen molar-refractivity contribution in [2.45, 2.75) is 4.55 Å². The lowest BCUT2D eigenvalue weighted by molar-refractivity contribution is 1.41. The molecular weight excluding hydrogens is 156 g/mol. The molecule has 0 spiro atoms. The lowest BCUT2D eigenvalue weighted by Gasteiger charge is -1.94. The van der Waals surface area contributed by atoms with Crippen molar-refractivity contribution in [3.63, 3.8) is 0 Å². The van der Waals surface area contributed by atoms with Crippen molar-refractivity contribution in [1.29, 1.82) is 0 Å². The van der Waals surface area contributed by atoms with Gasteiger partial charge in [0, 0.05) is 0 Å². The van der Waals surface area contributed by atoms with Gasteiger partial charge in [0.1, 0.15) is 0 Å². The first-order valence-corrected chi connectivity index (χ1v) is 6.51. The van der Waals surface area contributed by atoms with Crippen LogP contribution in [-0.2, 0) is 0 Å². The Morgan fingerprint density at radius 3 is 2.60 bits per heavy atom. The monoisotopic (exact) mass is 163 g/mol. The Morgan fingerprint density at radius 2 is 2.00 bits per heavy atom. The molecule has 0 saturated carbocycles. The molecule has 0 aliphatic rings. The maximum absolute atomic E-state index is 5.66. The van der Waals surface area contributed by atoms with Gasteiger partial charge in [0.15, 0.2) is 0 Å². The van der Waals surface area contributed by atoms with Crippen molar-refractivity contribution in [3.05, 3.63) is 42.3 Å². The summed E-state index contributed by atoms with van der Waals surface area (Å²) in [5.74, 6) is 0. The second-order valence-corrected chi connectivity index (χ2v) is 4.18. The molecule has 1 rings (SSSR count). The quantitative estimate of drug-likeness (QED) is 0.602. The molecule has 0 bridgehead atoms. The first-order chi connectivity index (χ1) is 4.93. The second kappa shape index (κ2) is 5.00. The molecule has 0 aliphatic carbocycles. The van der Waals surface area contributed by atoms with Crippen LogP contribution in [0.1, 0.15) is 5.56 Å². The van der Waals surface area contributed by atoms with Crippen molar-refractivity contribution >= 4 is 28.3 Å². The van der Waals surface area contributed by atoms with Crippen molar-refractivity contribution in [1.82, 2.24) is 0 Å². The Hall–Kier alpha value is 0.276. The molecule has 0 nitrogen and oxygen atoms in total. The number of benzene rings is 1. The van der Waals surface area contributed by atoms with E-state index in [1.807, 2.05) is 18.2 Å². The predicted molar refractivity (Wildman–Crippen MR) is 46.3 cm³/mol. The Labute approximate surface area is 75.1 Å². The van der Waals surface area contributed by atoms with Crippen LogP contribution in [0.5, 0.6) is 0 Å². The third-order valence-electron chi connectivity index (χ3n) is 1.29. The number of rotatable bonds is 3. The van der Waals surface area contributed by atoms with E-state index in [4.69, 9.17) is 9.07 Å². The molecule has 0 aliphatic heterocycles. The average molecular weight is 164 g/mol. The highest BCUT2D eigenvalue weighted by Crippen LogP contribution is 2.04. The topological polar surface area (TPSA) is 0 Å². The van der Waals surface area contributed by atoms with E-state index < -0.39 is 0 Å². The summed E-state index contributed by atoms with van der Waals surface area (Å²) in [5.41, 5.74) is 1.29. The fourth-order valence-electron chi connectivity index (χ4n) is 0.810. The molecule has 0 atom stereocenters. The lowest BCUT2D eigenvalue weighted by Crippen LogP contribution is -1.82. The molecular formula is C8H8ClMg. The maximum Gasteiger partial charge on any atom is 0.501 e. The van der Waals surface area contributed by atoms with Crippen molar-refractivity contribution in [2.24, 2.45) is 0 Å². The van der Waals surface area contributed by atoms with Crippen LogP contribution in [0.4, 0.5) is 0 Å². The summed E-state index contributed by atoms with van der Waals surface area (Å²) in [6.07, 6.45) is 2.19. The van der Waals surface area contributed by atoms with Crippen LogP contribution in [0.3, 0.4) is 0 Å². The zero-order valence-electron chi connectivity index (χ0n) is 5.76. The third kappa shape index (κ3) is 2.91. The van der Waals surface area contributed by atoms with Gasteiger partial charge in [0.2, 0.25) is 0 Å². The van der Waals surface area contributed by atoms with Crippen LogP contribution in [0.25, 0.3) is 0 Å². The summed E-state index contributed by atoms with van der Waals surface area (Å²) in [4.78, 5) is 0. The number of hydrogen-bond acceptors (Lipinski definition) is 0. The van der Waals surface area contributed by atoms with E-state index in [0.29, 0.717) is 0 Å². The highest BCUT2D eigenvalue weighted by Gasteiger charge is 1.92. The van der Waals surface area contributed by atoms with Gasteiger partial charge < -0.3 is 9.07 Å². The Bertz CT molecular complexity index is 174. The second-order valence-electron chi connectivity index (χ2n) is 2.09. The highest BCUT2D eigenvalue weighted by molar-refractivity contribution is 6.93. The van der Waals surface area contributed by atoms with Gasteiger partial charge in [-0.1, -0.05) is 30.3 Å². The fourth-order valence-corrected chi connectivity index (χ4v) is 1.58. The Balaban J connectivity index is 2.43. The molecule has 0 unspecified atom stereocenters. The first kappa shape index (κ1) is 8.37. The Kier molecular flexibility index (Phi) is 4.18. The number of halogens is 1. The number of hydrogen-bond donors (Lipinski definition) is 0. The van der Waals surface area contributed by atoms with Gasteiger partial charge in [-0.3, -0.25) is 0 Å². The average Bonchev–Trinajstić information content (AvgIpc) is 2.03. The molecule has 0 N–H and O–H groups in total. The van der Waals surface area contributed by atoms with E-state index in [2.05, 4.69) is 18.6 Å². The standard InChI is InChI=1S/C8H8.ClH.Mg/c1-2-8-6-4-3-5-7-8;;/h2-7H,1H2;1H;/q;;+1/p-1. The van der Waals surface area contributed by atoms with Gasteiger partial charge in [0.05, 0.1) is 0 Å². The summed E-state index contributed by atoms with van der Waals surface area (Å²) in [6, 6.07) is 10.3. The first-order valence-electron chi connectivity index (χ1n) is 3.37. The van der Waals surface area contributed by atoms with E-state index in [1.165, 1.54) is 5.56 Å². The summed E-state index contributed by atoms with van der Waals surface area (Å²) >= 11 is -0.313. The zero-order chi connectivity index (χ0) is 7.23. The van der Waals surface area contributed by atoms with E-state index >= 15 is 0 Å². The lowest BCUT2D eigenvalue weighted by atomic mass is 10.2. The van der Waals surface area contributed by atoms with Crippen molar-refractivity contribution in [2.75, 3.05) is 0 Å². The zero-order valence-corrected chi connectivity index (χ0v) is 7.93. The molecule has 0 amide bonds. The van der Waals surface area contributed by atoms with Crippen molar-refractivity contribution in [3.8, 4) is 0 Å². The summed E-state index contributed by atoms with van der Waals surface area (Å²) < 4.78 is 1.09. The molecule has 0 fully saturated rings. The minimum atomic E-state index is -0.313. The smallest absolute Gasteiger partial charge is 0.346 e. The molecule has 0 aromatic heterocycles. The van der Waals surface area contributed by atoms with Crippen LogP contribution in [-0.4, -0.2) is 19.3 Å². The minimum Gasteiger partial charge on any atom is -0.346 e. The largest absolute Gasteiger partial charge is 0.501 e. The fraction of sp³-hybridized carbons (Fsp3) is 0.125. The van der Waals surface area contributed by atoms with Gasteiger partial charge in [-0.05, 0) is 12.0 Å². The SMILES string of the molecule is [Cl][Mg][CH2][CH]c1ccccc1. The molecule has 0 heterocycles. The van der Waals surface area contributed by atoms with Gasteiger partial charge in [-0.2, -0.15) is 0 Å². The van der Waals surface area contributed by atoms with Gasteiger partial charge in [-0.15, -0.1) is 4.55 Å². The van der Waals surface area contributed by atoms with E-state index in [1.54, 1.807) is 0 Å². The normalized spacial score (nSPS) is 8.90. The van der Waals surface area contributed by atoms with Gasteiger partial charge in [0.25, 0.3) is 0 Å². The molecule has 2 heteroatoms. The van der Waals surface area contributed by atoms with Crippen molar-refractivity contribution < 1.29 is 0 Å². The Morgan fingerprint density at radius 1 is 1.30 bits per heavy atom. The third-order valence-corrected chi connectivity index (χ3v) is 2.45.